The van der Waals surface area contributed by atoms with Crippen LogP contribution in [0.25, 0.3) is 0 Å². The molecule has 0 saturated heterocycles. The lowest BCUT2D eigenvalue weighted by Gasteiger charge is -2.38. The number of carbonyl (C=O) groups is 1. The molecule has 0 atom stereocenters. The van der Waals surface area contributed by atoms with Crippen molar-refractivity contribution in [2.45, 2.75) is 33.2 Å². The van der Waals surface area contributed by atoms with Crippen molar-refractivity contribution in [3.05, 3.63) is 35.9 Å². The van der Waals surface area contributed by atoms with Gasteiger partial charge in [-0.15, -0.1) is 0 Å². The molecule has 0 fully saturated rings. The summed E-state index contributed by atoms with van der Waals surface area (Å²) in [6.07, 6.45) is 8.31. The van der Waals surface area contributed by atoms with Crippen molar-refractivity contribution >= 4 is 5.91 Å². The highest BCUT2D eigenvalue weighted by Crippen LogP contribution is 2.28. The Bertz CT molecular complexity index is 377. The van der Waals surface area contributed by atoms with Crippen LogP contribution in [0.2, 0.25) is 0 Å². The van der Waals surface area contributed by atoms with Gasteiger partial charge in [0, 0.05) is 24.5 Å². The number of nitrogens with zero attached hydrogens (tertiary/aromatic N) is 2. The molecular weight excluding hydrogens is 188 g/mol. The highest BCUT2D eigenvalue weighted by atomic mass is 16.2. The largest absolute Gasteiger partial charge is 0.331 e. The molecule has 0 aromatic rings. The first kappa shape index (κ1) is 10.0. The molecule has 2 aliphatic heterocycles. The standard InChI is InChI=1S/C12H16N2O/c1-9(2)13-8-6-11(15)14-7-4-5-10(3)12(13)14/h4,6-9H,5H2,1-3H3. The van der Waals surface area contributed by atoms with Gasteiger partial charge in [0.15, 0.2) is 0 Å². The van der Waals surface area contributed by atoms with Crippen LogP contribution in [0.3, 0.4) is 0 Å². The topological polar surface area (TPSA) is 23.6 Å². The zero-order valence-electron chi connectivity index (χ0n) is 9.40. The number of amides is 1. The second kappa shape index (κ2) is 3.57. The van der Waals surface area contributed by atoms with E-state index in [0.29, 0.717) is 6.04 Å². The summed E-state index contributed by atoms with van der Waals surface area (Å²) in [5, 5.41) is 0. The lowest BCUT2D eigenvalue weighted by molar-refractivity contribution is -0.124. The zero-order chi connectivity index (χ0) is 11.0. The minimum atomic E-state index is 0.0391. The van der Waals surface area contributed by atoms with Crippen LogP contribution in [0.4, 0.5) is 0 Å². The molecule has 1 amide bonds. The van der Waals surface area contributed by atoms with Gasteiger partial charge in [0.1, 0.15) is 5.82 Å². The molecule has 0 spiro atoms. The molecule has 0 N–H and O–H groups in total. The number of allylic oxidation sites excluding steroid dienone is 2. The third-order valence-electron chi connectivity index (χ3n) is 2.70. The second-order valence-corrected chi connectivity index (χ2v) is 4.22. The first-order chi connectivity index (χ1) is 7.11. The molecule has 0 unspecified atom stereocenters. The molecule has 2 rings (SSSR count). The van der Waals surface area contributed by atoms with E-state index in [0.717, 1.165) is 12.2 Å². The summed E-state index contributed by atoms with van der Waals surface area (Å²) in [6, 6.07) is 0.369. The van der Waals surface area contributed by atoms with Crippen LogP contribution in [0, 0.1) is 0 Å². The van der Waals surface area contributed by atoms with Crippen LogP contribution in [-0.4, -0.2) is 21.7 Å². The van der Waals surface area contributed by atoms with Gasteiger partial charge in [-0.1, -0.05) is 6.08 Å². The minimum absolute atomic E-state index is 0.0391. The molecule has 0 bridgehead atoms. The van der Waals surface area contributed by atoms with E-state index >= 15 is 0 Å². The Labute approximate surface area is 90.4 Å². The Morgan fingerprint density at radius 3 is 2.73 bits per heavy atom. The van der Waals surface area contributed by atoms with Crippen LogP contribution in [0.5, 0.6) is 0 Å². The van der Waals surface area contributed by atoms with E-state index in [2.05, 4.69) is 25.7 Å². The fraction of sp³-hybridized carbons (Fsp3) is 0.417. The minimum Gasteiger partial charge on any atom is -0.331 e. The van der Waals surface area contributed by atoms with E-state index in [4.69, 9.17) is 0 Å². The summed E-state index contributed by atoms with van der Waals surface area (Å²) in [4.78, 5) is 15.5. The Balaban J connectivity index is 2.46. The van der Waals surface area contributed by atoms with Crippen LogP contribution >= 0.6 is 0 Å². The molecule has 0 aromatic heterocycles. The van der Waals surface area contributed by atoms with Crippen LogP contribution in [0.1, 0.15) is 27.2 Å². The monoisotopic (exact) mass is 204 g/mol. The van der Waals surface area contributed by atoms with Gasteiger partial charge in [0.2, 0.25) is 0 Å². The average Bonchev–Trinajstić information content (AvgIpc) is 2.19. The number of fused-ring (bicyclic) bond motifs is 1. The Morgan fingerprint density at radius 1 is 1.33 bits per heavy atom. The summed E-state index contributed by atoms with van der Waals surface area (Å²) in [6.45, 7) is 6.32. The van der Waals surface area contributed by atoms with Gasteiger partial charge in [-0.2, -0.15) is 0 Å². The maximum Gasteiger partial charge on any atom is 0.257 e. The fourth-order valence-corrected chi connectivity index (χ4v) is 1.94. The van der Waals surface area contributed by atoms with E-state index in [1.165, 1.54) is 5.57 Å². The van der Waals surface area contributed by atoms with Crippen molar-refractivity contribution in [3.63, 3.8) is 0 Å². The Morgan fingerprint density at radius 2 is 2.07 bits per heavy atom. The summed E-state index contributed by atoms with van der Waals surface area (Å²) < 4.78 is 0. The van der Waals surface area contributed by atoms with E-state index < -0.39 is 0 Å². The van der Waals surface area contributed by atoms with Crippen molar-refractivity contribution in [2.24, 2.45) is 0 Å². The van der Waals surface area contributed by atoms with Gasteiger partial charge in [-0.05, 0) is 32.8 Å². The predicted octanol–water partition coefficient (Wildman–Crippen LogP) is 2.20. The van der Waals surface area contributed by atoms with Crippen molar-refractivity contribution in [1.29, 1.82) is 0 Å². The molecule has 2 aliphatic rings. The molecule has 80 valence electrons. The quantitative estimate of drug-likeness (QED) is 0.653. The third kappa shape index (κ3) is 1.58. The maximum atomic E-state index is 11.7. The van der Waals surface area contributed by atoms with Gasteiger partial charge in [-0.3, -0.25) is 9.69 Å². The molecule has 0 saturated carbocycles. The average molecular weight is 204 g/mol. The highest BCUT2D eigenvalue weighted by Gasteiger charge is 2.27. The molecule has 3 heteroatoms. The van der Waals surface area contributed by atoms with Crippen molar-refractivity contribution in [2.75, 3.05) is 0 Å². The third-order valence-corrected chi connectivity index (χ3v) is 2.70. The molecule has 0 aliphatic carbocycles. The molecule has 0 radical (unpaired) electrons. The highest BCUT2D eigenvalue weighted by molar-refractivity contribution is 5.91. The van der Waals surface area contributed by atoms with Gasteiger partial charge < -0.3 is 4.90 Å². The van der Waals surface area contributed by atoms with Gasteiger partial charge in [0.25, 0.3) is 5.91 Å². The normalized spacial score (nSPS) is 20.4. The fourth-order valence-electron chi connectivity index (χ4n) is 1.94. The molecule has 0 aromatic carbocycles. The van der Waals surface area contributed by atoms with E-state index in [-0.39, 0.29) is 5.91 Å². The summed E-state index contributed by atoms with van der Waals surface area (Å²) in [5.41, 5.74) is 1.24. The first-order valence-corrected chi connectivity index (χ1v) is 5.27. The Hall–Kier alpha value is -1.51. The number of rotatable bonds is 1. The number of hydrogen-bond acceptors (Lipinski definition) is 2. The first-order valence-electron chi connectivity index (χ1n) is 5.27. The maximum absolute atomic E-state index is 11.7. The van der Waals surface area contributed by atoms with Crippen molar-refractivity contribution in [1.82, 2.24) is 9.80 Å². The molecular formula is C12H16N2O. The smallest absolute Gasteiger partial charge is 0.257 e. The number of hydrogen-bond donors (Lipinski definition) is 0. The molecule has 3 nitrogen and oxygen atoms in total. The number of carbonyl (C=O) groups excluding carboxylic acids is 1. The molecule has 15 heavy (non-hydrogen) atoms. The summed E-state index contributed by atoms with van der Waals surface area (Å²) in [5.74, 6) is 1.07. The Kier molecular flexibility index (Phi) is 2.39. The van der Waals surface area contributed by atoms with Crippen LogP contribution in [-0.2, 0) is 4.79 Å². The van der Waals surface area contributed by atoms with E-state index in [1.807, 2.05) is 18.5 Å². The van der Waals surface area contributed by atoms with Gasteiger partial charge >= 0.3 is 0 Å². The lowest BCUT2D eigenvalue weighted by atomic mass is 10.1. The predicted molar refractivity (Wildman–Crippen MR) is 59.4 cm³/mol. The van der Waals surface area contributed by atoms with E-state index in [9.17, 15) is 4.79 Å². The zero-order valence-corrected chi connectivity index (χ0v) is 9.40. The molecule has 2 heterocycles. The summed E-state index contributed by atoms with van der Waals surface area (Å²) >= 11 is 0. The SMILES string of the molecule is CC1=C2N(C=CC1)C(=O)C=CN2C(C)C. The van der Waals surface area contributed by atoms with Crippen LogP contribution in [0.15, 0.2) is 35.9 Å². The summed E-state index contributed by atoms with van der Waals surface area (Å²) in [7, 11) is 0. The van der Waals surface area contributed by atoms with Gasteiger partial charge in [0.05, 0.1) is 0 Å². The van der Waals surface area contributed by atoms with E-state index in [1.54, 1.807) is 11.0 Å². The van der Waals surface area contributed by atoms with Crippen molar-refractivity contribution in [3.8, 4) is 0 Å². The van der Waals surface area contributed by atoms with Crippen LogP contribution < -0.4 is 0 Å². The van der Waals surface area contributed by atoms with Crippen molar-refractivity contribution < 1.29 is 4.79 Å². The lowest BCUT2D eigenvalue weighted by Crippen LogP contribution is -2.41. The second-order valence-electron chi connectivity index (χ2n) is 4.22. The van der Waals surface area contributed by atoms with Gasteiger partial charge in [-0.25, -0.2) is 0 Å².